The molecule has 0 saturated heterocycles. The maximum absolute atomic E-state index is 12.4. The smallest absolute Gasteiger partial charge is 0.270 e. The molecule has 0 saturated carbocycles. The predicted octanol–water partition coefficient (Wildman–Crippen LogP) is 2.28. The number of sulfonamides is 1. The second-order valence-corrected chi connectivity index (χ2v) is 7.21. The maximum atomic E-state index is 12.4. The SMILES string of the molecule is CCOc1cc(NC(C)=O)ccc1C(=O)NNS(=O)(=O)C=Cc1ccccc1. The van der Waals surface area contributed by atoms with Crippen molar-refractivity contribution < 1.29 is 22.7 Å². The average Bonchev–Trinajstić information content (AvgIpc) is 2.66. The summed E-state index contributed by atoms with van der Waals surface area (Å²) in [5.74, 6) is -0.752. The summed E-state index contributed by atoms with van der Waals surface area (Å²) in [6.45, 7) is 3.39. The molecule has 0 aromatic heterocycles. The zero-order valence-electron chi connectivity index (χ0n) is 15.4. The van der Waals surface area contributed by atoms with Gasteiger partial charge in [-0.1, -0.05) is 30.3 Å². The summed E-state index contributed by atoms with van der Waals surface area (Å²) in [7, 11) is -3.89. The molecule has 148 valence electrons. The Balaban J connectivity index is 2.09. The van der Waals surface area contributed by atoms with Crippen LogP contribution in [-0.2, 0) is 14.8 Å². The number of carbonyl (C=O) groups is 2. The molecule has 2 amide bonds. The summed E-state index contributed by atoms with van der Waals surface area (Å²) in [4.78, 5) is 25.5. The molecule has 0 bridgehead atoms. The van der Waals surface area contributed by atoms with Crippen LogP contribution in [0.25, 0.3) is 6.08 Å². The molecule has 0 aliphatic carbocycles. The van der Waals surface area contributed by atoms with Gasteiger partial charge in [-0.05, 0) is 30.7 Å². The normalized spacial score (nSPS) is 11.2. The molecule has 0 aliphatic heterocycles. The number of amides is 2. The van der Waals surface area contributed by atoms with E-state index in [0.717, 1.165) is 5.41 Å². The number of hydrogen-bond donors (Lipinski definition) is 3. The number of ether oxygens (including phenoxy) is 1. The molecule has 2 aromatic carbocycles. The number of hydrogen-bond acceptors (Lipinski definition) is 5. The molecule has 0 unspecified atom stereocenters. The van der Waals surface area contributed by atoms with Gasteiger partial charge in [0.25, 0.3) is 15.9 Å². The fraction of sp³-hybridized carbons (Fsp3) is 0.158. The summed E-state index contributed by atoms with van der Waals surface area (Å²) in [5.41, 5.74) is 3.41. The van der Waals surface area contributed by atoms with Crippen molar-refractivity contribution in [1.29, 1.82) is 0 Å². The first-order valence-electron chi connectivity index (χ1n) is 8.40. The van der Waals surface area contributed by atoms with Crippen LogP contribution >= 0.6 is 0 Å². The minimum atomic E-state index is -3.89. The molecule has 0 fully saturated rings. The molecule has 0 radical (unpaired) electrons. The second kappa shape index (κ2) is 9.67. The van der Waals surface area contributed by atoms with Gasteiger partial charge in [-0.2, -0.15) is 0 Å². The van der Waals surface area contributed by atoms with Gasteiger partial charge in [-0.25, -0.2) is 8.42 Å². The predicted molar refractivity (Wildman–Crippen MR) is 107 cm³/mol. The van der Waals surface area contributed by atoms with E-state index in [0.29, 0.717) is 11.3 Å². The van der Waals surface area contributed by atoms with Gasteiger partial charge in [0.05, 0.1) is 12.2 Å². The molecule has 28 heavy (non-hydrogen) atoms. The van der Waals surface area contributed by atoms with E-state index in [2.05, 4.69) is 10.7 Å². The van der Waals surface area contributed by atoms with E-state index >= 15 is 0 Å². The van der Waals surface area contributed by atoms with Crippen molar-refractivity contribution in [2.24, 2.45) is 0 Å². The fourth-order valence-electron chi connectivity index (χ4n) is 2.22. The number of hydrazine groups is 1. The van der Waals surface area contributed by atoms with Crippen LogP contribution in [0.2, 0.25) is 0 Å². The minimum Gasteiger partial charge on any atom is -0.493 e. The van der Waals surface area contributed by atoms with Gasteiger partial charge in [-0.3, -0.25) is 15.0 Å². The molecule has 0 spiro atoms. The third-order valence-electron chi connectivity index (χ3n) is 3.39. The number of anilines is 1. The molecular weight excluding hydrogens is 382 g/mol. The quantitative estimate of drug-likeness (QED) is 0.585. The molecule has 9 heteroatoms. The Morgan fingerprint density at radius 3 is 2.46 bits per heavy atom. The lowest BCUT2D eigenvalue weighted by atomic mass is 10.1. The number of rotatable bonds is 8. The van der Waals surface area contributed by atoms with E-state index in [1.54, 1.807) is 31.2 Å². The number of nitrogens with one attached hydrogen (secondary N) is 3. The van der Waals surface area contributed by atoms with Gasteiger partial charge in [0, 0.05) is 24.1 Å². The van der Waals surface area contributed by atoms with Crippen LogP contribution in [0.4, 0.5) is 5.69 Å². The van der Waals surface area contributed by atoms with E-state index in [1.165, 1.54) is 31.2 Å². The lowest BCUT2D eigenvalue weighted by molar-refractivity contribution is -0.114. The topological polar surface area (TPSA) is 114 Å². The van der Waals surface area contributed by atoms with Gasteiger partial charge >= 0.3 is 0 Å². The van der Waals surface area contributed by atoms with Crippen LogP contribution in [0.1, 0.15) is 29.8 Å². The summed E-state index contributed by atoms with van der Waals surface area (Å²) < 4.78 is 29.5. The minimum absolute atomic E-state index is 0.116. The summed E-state index contributed by atoms with van der Waals surface area (Å²) in [6, 6.07) is 13.3. The Bertz CT molecular complexity index is 972. The largest absolute Gasteiger partial charge is 0.493 e. The standard InChI is InChI=1S/C19H21N3O5S/c1-3-27-18-13-16(20-14(2)23)9-10-17(18)19(24)21-22-28(25,26)12-11-15-7-5-4-6-8-15/h4-13,22H,3H2,1-2H3,(H,20,23)(H,21,24). The molecule has 2 aromatic rings. The van der Waals surface area contributed by atoms with Gasteiger partial charge in [0.1, 0.15) is 5.75 Å². The number of benzene rings is 2. The number of carbonyl (C=O) groups excluding carboxylic acids is 2. The van der Waals surface area contributed by atoms with Crippen molar-refractivity contribution in [2.45, 2.75) is 13.8 Å². The van der Waals surface area contributed by atoms with Crippen LogP contribution in [0, 0.1) is 0 Å². The van der Waals surface area contributed by atoms with Crippen molar-refractivity contribution in [3.05, 3.63) is 65.1 Å². The van der Waals surface area contributed by atoms with Crippen molar-refractivity contribution in [2.75, 3.05) is 11.9 Å². The van der Waals surface area contributed by atoms with Gasteiger partial charge < -0.3 is 10.1 Å². The molecule has 0 heterocycles. The molecule has 2 rings (SSSR count). The van der Waals surface area contributed by atoms with E-state index in [-0.39, 0.29) is 23.8 Å². The molecule has 8 nitrogen and oxygen atoms in total. The summed E-state index contributed by atoms with van der Waals surface area (Å²) in [5, 5.41) is 3.54. The van der Waals surface area contributed by atoms with Gasteiger partial charge in [-0.15, -0.1) is 4.83 Å². The van der Waals surface area contributed by atoms with Gasteiger partial charge in [0.15, 0.2) is 0 Å². The highest BCUT2D eigenvalue weighted by Crippen LogP contribution is 2.23. The highest BCUT2D eigenvalue weighted by Gasteiger charge is 2.15. The Kier molecular flexibility index (Phi) is 7.30. The van der Waals surface area contributed by atoms with Crippen LogP contribution in [0.5, 0.6) is 5.75 Å². The van der Waals surface area contributed by atoms with Crippen LogP contribution in [-0.4, -0.2) is 26.8 Å². The van der Waals surface area contributed by atoms with Crippen molar-refractivity contribution in [1.82, 2.24) is 10.3 Å². The lowest BCUT2D eigenvalue weighted by Gasteiger charge is -2.12. The molecule has 0 atom stereocenters. The van der Waals surface area contributed by atoms with Crippen LogP contribution in [0.15, 0.2) is 53.9 Å². The van der Waals surface area contributed by atoms with E-state index in [4.69, 9.17) is 4.74 Å². The zero-order chi connectivity index (χ0) is 20.6. The first-order chi connectivity index (χ1) is 13.3. The van der Waals surface area contributed by atoms with E-state index < -0.39 is 15.9 Å². The highest BCUT2D eigenvalue weighted by atomic mass is 32.2. The van der Waals surface area contributed by atoms with E-state index in [9.17, 15) is 18.0 Å². The third kappa shape index (κ3) is 6.53. The molecule has 0 aliphatic rings. The van der Waals surface area contributed by atoms with Gasteiger partial charge in [0.2, 0.25) is 5.91 Å². The highest BCUT2D eigenvalue weighted by molar-refractivity contribution is 7.92. The third-order valence-corrected chi connectivity index (χ3v) is 4.27. The first-order valence-corrected chi connectivity index (χ1v) is 9.95. The van der Waals surface area contributed by atoms with Crippen molar-refractivity contribution in [3.63, 3.8) is 0 Å². The Labute approximate surface area is 163 Å². The lowest BCUT2D eigenvalue weighted by Crippen LogP contribution is -2.40. The summed E-state index contributed by atoms with van der Waals surface area (Å²) >= 11 is 0. The second-order valence-electron chi connectivity index (χ2n) is 5.64. The maximum Gasteiger partial charge on any atom is 0.270 e. The Morgan fingerprint density at radius 1 is 1.11 bits per heavy atom. The Hall–Kier alpha value is -3.17. The fourth-order valence-corrected chi connectivity index (χ4v) is 2.86. The van der Waals surface area contributed by atoms with Crippen LogP contribution in [0.3, 0.4) is 0 Å². The average molecular weight is 403 g/mol. The Morgan fingerprint density at radius 2 is 1.82 bits per heavy atom. The molecule has 3 N–H and O–H groups in total. The summed E-state index contributed by atoms with van der Waals surface area (Å²) in [6.07, 6.45) is 1.41. The van der Waals surface area contributed by atoms with Crippen molar-refractivity contribution in [3.8, 4) is 5.75 Å². The van der Waals surface area contributed by atoms with E-state index in [1.807, 2.05) is 10.9 Å². The zero-order valence-corrected chi connectivity index (χ0v) is 16.2. The van der Waals surface area contributed by atoms with Crippen LogP contribution < -0.4 is 20.3 Å². The monoisotopic (exact) mass is 403 g/mol. The van der Waals surface area contributed by atoms with Crippen molar-refractivity contribution >= 4 is 33.6 Å². The first kappa shape index (κ1) is 21.1. The molecular formula is C19H21N3O5S.